The van der Waals surface area contributed by atoms with Crippen molar-refractivity contribution in [1.82, 2.24) is 5.32 Å². The van der Waals surface area contributed by atoms with E-state index in [0.29, 0.717) is 6.61 Å². The van der Waals surface area contributed by atoms with Crippen LogP contribution in [0.1, 0.15) is 37.3 Å². The van der Waals surface area contributed by atoms with E-state index in [1.54, 1.807) is 0 Å². The summed E-state index contributed by atoms with van der Waals surface area (Å²) in [4.78, 5) is 23.0. The van der Waals surface area contributed by atoms with Crippen LogP contribution in [0.2, 0.25) is 0 Å². The Balaban J connectivity index is 2.21. The van der Waals surface area contributed by atoms with Gasteiger partial charge in [0.05, 0.1) is 19.6 Å². The average Bonchev–Trinajstić information content (AvgIpc) is 2.50. The molecule has 0 atom stereocenters. The van der Waals surface area contributed by atoms with E-state index in [4.69, 9.17) is 9.47 Å². The highest BCUT2D eigenvalue weighted by Crippen LogP contribution is 2.20. The predicted molar refractivity (Wildman–Crippen MR) is 84.9 cm³/mol. The lowest BCUT2D eigenvalue weighted by Crippen LogP contribution is -2.31. The number of hydrogen-bond acceptors (Lipinski definition) is 4. The SMILES string of the molecule is CCCCOC(=O)CNC(=O)CCOc1cccc(C)c1C. The number of carbonyl (C=O) groups excluding carboxylic acids is 2. The number of aryl methyl sites for hydroxylation is 1. The Morgan fingerprint density at radius 2 is 1.95 bits per heavy atom. The minimum Gasteiger partial charge on any atom is -0.493 e. The van der Waals surface area contributed by atoms with Gasteiger partial charge in [0.2, 0.25) is 5.91 Å². The van der Waals surface area contributed by atoms with Crippen molar-refractivity contribution >= 4 is 11.9 Å². The van der Waals surface area contributed by atoms with E-state index in [0.717, 1.165) is 29.7 Å². The Bertz CT molecular complexity index is 499. The molecule has 0 unspecified atom stereocenters. The van der Waals surface area contributed by atoms with Crippen LogP contribution < -0.4 is 10.1 Å². The highest BCUT2D eigenvalue weighted by atomic mass is 16.5. The normalized spacial score (nSPS) is 10.1. The molecule has 0 aliphatic carbocycles. The monoisotopic (exact) mass is 307 g/mol. The molecule has 0 saturated carbocycles. The highest BCUT2D eigenvalue weighted by molar-refractivity contribution is 5.81. The summed E-state index contributed by atoms with van der Waals surface area (Å²) in [5.41, 5.74) is 2.22. The molecule has 5 heteroatoms. The number of nitrogens with one attached hydrogen (secondary N) is 1. The van der Waals surface area contributed by atoms with E-state index in [1.165, 1.54) is 0 Å². The van der Waals surface area contributed by atoms with Gasteiger partial charge in [-0.2, -0.15) is 0 Å². The molecule has 1 N–H and O–H groups in total. The third-order valence-corrected chi connectivity index (χ3v) is 3.33. The summed E-state index contributed by atoms with van der Waals surface area (Å²) in [5, 5.41) is 2.53. The van der Waals surface area contributed by atoms with Crippen molar-refractivity contribution in [3.8, 4) is 5.75 Å². The molecule has 0 fully saturated rings. The largest absolute Gasteiger partial charge is 0.493 e. The van der Waals surface area contributed by atoms with Crippen LogP contribution in [-0.2, 0) is 14.3 Å². The summed E-state index contributed by atoms with van der Waals surface area (Å²) in [6.07, 6.45) is 2.01. The zero-order valence-corrected chi connectivity index (χ0v) is 13.6. The standard InChI is InChI=1S/C17H25NO4/c1-4-5-10-22-17(20)12-18-16(19)9-11-21-15-8-6-7-13(2)14(15)3/h6-8H,4-5,9-12H2,1-3H3,(H,18,19). The van der Waals surface area contributed by atoms with Gasteiger partial charge in [-0.1, -0.05) is 25.5 Å². The molecule has 22 heavy (non-hydrogen) atoms. The fourth-order valence-corrected chi connectivity index (χ4v) is 1.77. The van der Waals surface area contributed by atoms with E-state index in [9.17, 15) is 9.59 Å². The molecule has 122 valence electrons. The van der Waals surface area contributed by atoms with Crippen LogP contribution in [0.3, 0.4) is 0 Å². The van der Waals surface area contributed by atoms with Crippen molar-refractivity contribution in [2.75, 3.05) is 19.8 Å². The Hall–Kier alpha value is -2.04. The summed E-state index contributed by atoms with van der Waals surface area (Å²) in [6.45, 7) is 6.61. The van der Waals surface area contributed by atoms with Gasteiger partial charge in [-0.3, -0.25) is 9.59 Å². The number of amides is 1. The zero-order valence-electron chi connectivity index (χ0n) is 13.6. The molecule has 0 aliphatic heterocycles. The molecule has 5 nitrogen and oxygen atoms in total. The number of carbonyl (C=O) groups is 2. The third kappa shape index (κ3) is 6.61. The lowest BCUT2D eigenvalue weighted by Gasteiger charge is -2.11. The predicted octanol–water partition coefficient (Wildman–Crippen LogP) is 2.53. The van der Waals surface area contributed by atoms with Gasteiger partial charge in [0, 0.05) is 0 Å². The van der Waals surface area contributed by atoms with Crippen molar-refractivity contribution in [1.29, 1.82) is 0 Å². The molecular weight excluding hydrogens is 282 g/mol. The first-order valence-electron chi connectivity index (χ1n) is 7.66. The summed E-state index contributed by atoms with van der Waals surface area (Å²) in [5.74, 6) is 0.154. The fraction of sp³-hybridized carbons (Fsp3) is 0.529. The average molecular weight is 307 g/mol. The summed E-state index contributed by atoms with van der Waals surface area (Å²) >= 11 is 0. The number of hydrogen-bond donors (Lipinski definition) is 1. The first-order valence-corrected chi connectivity index (χ1v) is 7.66. The molecule has 0 spiro atoms. The zero-order chi connectivity index (χ0) is 16.4. The van der Waals surface area contributed by atoms with Gasteiger partial charge in [-0.05, 0) is 37.5 Å². The Morgan fingerprint density at radius 3 is 2.68 bits per heavy atom. The van der Waals surface area contributed by atoms with Crippen LogP contribution >= 0.6 is 0 Å². The quantitative estimate of drug-likeness (QED) is 0.562. The lowest BCUT2D eigenvalue weighted by molar-refractivity contribution is -0.144. The molecule has 1 aromatic carbocycles. The van der Waals surface area contributed by atoms with Gasteiger partial charge in [0.1, 0.15) is 12.3 Å². The Labute approximate surface area is 132 Å². The van der Waals surface area contributed by atoms with Gasteiger partial charge in [-0.15, -0.1) is 0 Å². The van der Waals surface area contributed by atoms with Crippen molar-refractivity contribution in [3.05, 3.63) is 29.3 Å². The second-order valence-corrected chi connectivity index (χ2v) is 5.15. The van der Waals surface area contributed by atoms with Crippen LogP contribution in [0.5, 0.6) is 5.75 Å². The summed E-state index contributed by atoms with van der Waals surface area (Å²) < 4.78 is 10.5. The Kier molecular flexibility index (Phi) is 8.04. The molecule has 0 radical (unpaired) electrons. The number of ether oxygens (including phenoxy) is 2. The number of rotatable bonds is 9. The maximum absolute atomic E-state index is 11.6. The Morgan fingerprint density at radius 1 is 1.18 bits per heavy atom. The van der Waals surface area contributed by atoms with E-state index in [-0.39, 0.29) is 25.5 Å². The summed E-state index contributed by atoms with van der Waals surface area (Å²) in [7, 11) is 0. The number of unbranched alkanes of at least 4 members (excludes halogenated alkanes) is 1. The summed E-state index contributed by atoms with van der Waals surface area (Å²) in [6, 6.07) is 5.81. The molecular formula is C17H25NO4. The number of esters is 1. The van der Waals surface area contributed by atoms with Gasteiger partial charge in [0.15, 0.2) is 0 Å². The van der Waals surface area contributed by atoms with E-state index in [2.05, 4.69) is 5.32 Å². The second-order valence-electron chi connectivity index (χ2n) is 5.15. The minimum atomic E-state index is -0.405. The smallest absolute Gasteiger partial charge is 0.325 e. The molecule has 0 heterocycles. The molecule has 1 rings (SSSR count). The van der Waals surface area contributed by atoms with Gasteiger partial charge >= 0.3 is 5.97 Å². The van der Waals surface area contributed by atoms with Crippen molar-refractivity contribution in [2.24, 2.45) is 0 Å². The van der Waals surface area contributed by atoms with Crippen LogP contribution in [0.4, 0.5) is 0 Å². The molecule has 0 aromatic heterocycles. The van der Waals surface area contributed by atoms with Gasteiger partial charge in [0.25, 0.3) is 0 Å². The second kappa shape index (κ2) is 9.82. The fourth-order valence-electron chi connectivity index (χ4n) is 1.77. The maximum atomic E-state index is 11.6. The maximum Gasteiger partial charge on any atom is 0.325 e. The van der Waals surface area contributed by atoms with Crippen LogP contribution in [0.25, 0.3) is 0 Å². The van der Waals surface area contributed by atoms with E-state index < -0.39 is 5.97 Å². The first-order chi connectivity index (χ1) is 10.5. The molecule has 0 saturated heterocycles. The minimum absolute atomic E-state index is 0.0912. The van der Waals surface area contributed by atoms with Gasteiger partial charge in [-0.25, -0.2) is 0 Å². The number of benzene rings is 1. The van der Waals surface area contributed by atoms with Crippen LogP contribution in [0.15, 0.2) is 18.2 Å². The van der Waals surface area contributed by atoms with Crippen molar-refractivity contribution < 1.29 is 19.1 Å². The lowest BCUT2D eigenvalue weighted by atomic mass is 10.1. The van der Waals surface area contributed by atoms with Crippen LogP contribution in [-0.4, -0.2) is 31.6 Å². The third-order valence-electron chi connectivity index (χ3n) is 3.33. The van der Waals surface area contributed by atoms with E-state index in [1.807, 2.05) is 39.0 Å². The van der Waals surface area contributed by atoms with Crippen LogP contribution in [0, 0.1) is 13.8 Å². The van der Waals surface area contributed by atoms with Crippen molar-refractivity contribution in [3.63, 3.8) is 0 Å². The van der Waals surface area contributed by atoms with Gasteiger partial charge < -0.3 is 14.8 Å². The van der Waals surface area contributed by atoms with E-state index >= 15 is 0 Å². The molecule has 0 aliphatic rings. The topological polar surface area (TPSA) is 64.6 Å². The van der Waals surface area contributed by atoms with Crippen molar-refractivity contribution in [2.45, 2.75) is 40.0 Å². The molecule has 0 bridgehead atoms. The first kappa shape index (κ1) is 18.0. The molecule has 1 amide bonds. The highest BCUT2D eigenvalue weighted by Gasteiger charge is 2.07. The molecule has 1 aromatic rings.